The third-order valence-corrected chi connectivity index (χ3v) is 2.21. The molecule has 0 aromatic carbocycles. The van der Waals surface area contributed by atoms with Gasteiger partial charge in [-0.3, -0.25) is 4.79 Å². The molecule has 1 heterocycles. The van der Waals surface area contributed by atoms with Gasteiger partial charge in [-0.25, -0.2) is 4.98 Å². The monoisotopic (exact) mass is 244 g/mol. The summed E-state index contributed by atoms with van der Waals surface area (Å²) in [5.74, 6) is -0.258. The van der Waals surface area contributed by atoms with Crippen molar-refractivity contribution < 1.29 is 4.79 Å². The SMILES string of the molecule is C=CCCNC(=O)c1cc(Cl)ncc1Cl. The first-order valence-electron chi connectivity index (χ1n) is 4.35. The molecule has 0 bridgehead atoms. The molecule has 0 atom stereocenters. The number of rotatable bonds is 4. The fourth-order valence-electron chi connectivity index (χ4n) is 0.970. The van der Waals surface area contributed by atoms with E-state index in [0.29, 0.717) is 18.5 Å². The predicted octanol–water partition coefficient (Wildman–Crippen LogP) is 2.69. The molecule has 0 spiro atoms. The normalized spacial score (nSPS) is 9.73. The van der Waals surface area contributed by atoms with Gasteiger partial charge >= 0.3 is 0 Å². The predicted molar refractivity (Wildman–Crippen MR) is 61.4 cm³/mol. The summed E-state index contributed by atoms with van der Waals surface area (Å²) < 4.78 is 0. The molecule has 0 aliphatic rings. The zero-order chi connectivity index (χ0) is 11.3. The van der Waals surface area contributed by atoms with Crippen molar-refractivity contribution in [3.63, 3.8) is 0 Å². The Balaban J connectivity index is 2.72. The van der Waals surface area contributed by atoms with Gasteiger partial charge in [-0.2, -0.15) is 0 Å². The van der Waals surface area contributed by atoms with Gasteiger partial charge in [-0.05, 0) is 12.5 Å². The molecule has 0 fully saturated rings. The van der Waals surface area contributed by atoms with Gasteiger partial charge < -0.3 is 5.32 Å². The van der Waals surface area contributed by atoms with Crippen LogP contribution in [0.5, 0.6) is 0 Å². The van der Waals surface area contributed by atoms with E-state index < -0.39 is 0 Å². The molecule has 0 unspecified atom stereocenters. The van der Waals surface area contributed by atoms with Gasteiger partial charge in [0.25, 0.3) is 5.91 Å². The first-order chi connectivity index (χ1) is 7.15. The van der Waals surface area contributed by atoms with Gasteiger partial charge in [0.2, 0.25) is 0 Å². The van der Waals surface area contributed by atoms with Crippen molar-refractivity contribution >= 4 is 29.1 Å². The largest absolute Gasteiger partial charge is 0.352 e. The highest BCUT2D eigenvalue weighted by Gasteiger charge is 2.10. The summed E-state index contributed by atoms with van der Waals surface area (Å²) in [6.45, 7) is 4.08. The summed E-state index contributed by atoms with van der Waals surface area (Å²) in [5, 5.41) is 3.22. The lowest BCUT2D eigenvalue weighted by Gasteiger charge is -2.05. The van der Waals surface area contributed by atoms with Gasteiger partial charge in [-0.1, -0.05) is 29.3 Å². The average Bonchev–Trinajstić information content (AvgIpc) is 2.22. The highest BCUT2D eigenvalue weighted by Crippen LogP contribution is 2.17. The van der Waals surface area contributed by atoms with Crippen molar-refractivity contribution in [3.8, 4) is 0 Å². The van der Waals surface area contributed by atoms with E-state index in [1.165, 1.54) is 12.3 Å². The lowest BCUT2D eigenvalue weighted by atomic mass is 10.2. The van der Waals surface area contributed by atoms with Crippen molar-refractivity contribution in [3.05, 3.63) is 40.7 Å². The Bertz CT molecular complexity index is 380. The number of halogens is 2. The number of carbonyl (C=O) groups excluding carboxylic acids is 1. The molecule has 0 saturated heterocycles. The van der Waals surface area contributed by atoms with Crippen molar-refractivity contribution in [2.24, 2.45) is 0 Å². The molecule has 0 aliphatic carbocycles. The Morgan fingerprint density at radius 1 is 1.60 bits per heavy atom. The smallest absolute Gasteiger partial charge is 0.252 e. The molecule has 0 radical (unpaired) electrons. The zero-order valence-corrected chi connectivity index (χ0v) is 9.48. The van der Waals surface area contributed by atoms with Gasteiger partial charge in [-0.15, -0.1) is 6.58 Å². The van der Waals surface area contributed by atoms with Crippen molar-refractivity contribution in [1.29, 1.82) is 0 Å². The van der Waals surface area contributed by atoms with Crippen LogP contribution in [0.4, 0.5) is 0 Å². The highest BCUT2D eigenvalue weighted by atomic mass is 35.5. The summed E-state index contributed by atoms with van der Waals surface area (Å²) in [7, 11) is 0. The van der Waals surface area contributed by atoms with Gasteiger partial charge in [0.05, 0.1) is 10.6 Å². The van der Waals surface area contributed by atoms with Crippen molar-refractivity contribution in [2.75, 3.05) is 6.54 Å². The van der Waals surface area contributed by atoms with E-state index in [2.05, 4.69) is 16.9 Å². The topological polar surface area (TPSA) is 42.0 Å². The Morgan fingerprint density at radius 2 is 2.33 bits per heavy atom. The second-order valence-electron chi connectivity index (χ2n) is 2.82. The van der Waals surface area contributed by atoms with E-state index in [4.69, 9.17) is 23.2 Å². The van der Waals surface area contributed by atoms with Crippen molar-refractivity contribution in [2.45, 2.75) is 6.42 Å². The molecule has 1 aromatic rings. The van der Waals surface area contributed by atoms with Crippen LogP contribution in [0, 0.1) is 0 Å². The Morgan fingerprint density at radius 3 is 3.00 bits per heavy atom. The van der Waals surface area contributed by atoms with Gasteiger partial charge in [0, 0.05) is 12.7 Å². The third kappa shape index (κ3) is 3.53. The summed E-state index contributed by atoms with van der Waals surface area (Å²) in [6.07, 6.45) is 3.79. The lowest BCUT2D eigenvalue weighted by Crippen LogP contribution is -2.24. The van der Waals surface area contributed by atoms with Crippen LogP contribution in [0.3, 0.4) is 0 Å². The van der Waals surface area contributed by atoms with Gasteiger partial charge in [0.1, 0.15) is 5.15 Å². The molecule has 5 heteroatoms. The second kappa shape index (κ2) is 5.73. The Labute approximate surface area is 98.1 Å². The van der Waals surface area contributed by atoms with Gasteiger partial charge in [0.15, 0.2) is 0 Å². The number of amides is 1. The van der Waals surface area contributed by atoms with Crippen LogP contribution in [0.15, 0.2) is 24.9 Å². The number of nitrogens with zero attached hydrogens (tertiary/aromatic N) is 1. The molecule has 1 N–H and O–H groups in total. The quantitative estimate of drug-likeness (QED) is 0.503. The molecule has 1 amide bonds. The molecular formula is C10H10Cl2N2O. The van der Waals surface area contributed by atoms with Crippen LogP contribution in [-0.4, -0.2) is 17.4 Å². The maximum Gasteiger partial charge on any atom is 0.252 e. The molecule has 0 aliphatic heterocycles. The molecule has 0 saturated carbocycles. The van der Waals surface area contributed by atoms with Crippen LogP contribution in [-0.2, 0) is 0 Å². The molecule has 1 rings (SSSR count). The number of nitrogens with one attached hydrogen (secondary N) is 1. The second-order valence-corrected chi connectivity index (χ2v) is 3.61. The fourth-order valence-corrected chi connectivity index (χ4v) is 1.32. The zero-order valence-electron chi connectivity index (χ0n) is 7.96. The number of pyridine rings is 1. The number of aromatic nitrogens is 1. The molecule has 3 nitrogen and oxygen atoms in total. The minimum absolute atomic E-state index is 0.244. The summed E-state index contributed by atoms with van der Waals surface area (Å²) in [5.41, 5.74) is 0.334. The molecule has 15 heavy (non-hydrogen) atoms. The minimum atomic E-state index is -0.258. The Hall–Kier alpha value is -1.06. The minimum Gasteiger partial charge on any atom is -0.352 e. The van der Waals surface area contributed by atoms with E-state index >= 15 is 0 Å². The molecule has 80 valence electrons. The number of carbonyl (C=O) groups is 1. The highest BCUT2D eigenvalue weighted by molar-refractivity contribution is 6.35. The average molecular weight is 245 g/mol. The Kier molecular flexibility index (Phi) is 4.59. The maximum absolute atomic E-state index is 11.6. The molecular weight excluding hydrogens is 235 g/mol. The standard InChI is InChI=1S/C10H10Cl2N2O/c1-2-3-4-13-10(15)7-5-9(12)14-6-8(7)11/h2,5-6H,1,3-4H2,(H,13,15). The van der Waals surface area contributed by atoms with Crippen LogP contribution in [0.25, 0.3) is 0 Å². The summed E-state index contributed by atoms with van der Waals surface area (Å²) in [4.78, 5) is 15.3. The molecule has 1 aromatic heterocycles. The van der Waals surface area contributed by atoms with Crippen LogP contribution >= 0.6 is 23.2 Å². The van der Waals surface area contributed by atoms with E-state index in [1.807, 2.05) is 0 Å². The number of hydrogen-bond donors (Lipinski definition) is 1. The van der Waals surface area contributed by atoms with E-state index in [1.54, 1.807) is 6.08 Å². The fraction of sp³-hybridized carbons (Fsp3) is 0.200. The van der Waals surface area contributed by atoms with Crippen LogP contribution in [0.2, 0.25) is 10.2 Å². The summed E-state index contributed by atoms with van der Waals surface area (Å²) in [6, 6.07) is 1.44. The lowest BCUT2D eigenvalue weighted by molar-refractivity contribution is 0.0954. The van der Waals surface area contributed by atoms with E-state index in [-0.39, 0.29) is 16.1 Å². The first-order valence-corrected chi connectivity index (χ1v) is 5.11. The van der Waals surface area contributed by atoms with Crippen LogP contribution < -0.4 is 5.32 Å². The first kappa shape index (κ1) is 12.0. The van der Waals surface area contributed by atoms with E-state index in [0.717, 1.165) is 0 Å². The summed E-state index contributed by atoms with van der Waals surface area (Å²) >= 11 is 11.5. The van der Waals surface area contributed by atoms with Crippen LogP contribution in [0.1, 0.15) is 16.8 Å². The third-order valence-electron chi connectivity index (χ3n) is 1.70. The van der Waals surface area contributed by atoms with E-state index in [9.17, 15) is 4.79 Å². The number of hydrogen-bond acceptors (Lipinski definition) is 2. The maximum atomic E-state index is 11.6. The van der Waals surface area contributed by atoms with Crippen molar-refractivity contribution in [1.82, 2.24) is 10.3 Å².